The zero-order chi connectivity index (χ0) is 17.2. The molecule has 4 rings (SSSR count). The van der Waals surface area contributed by atoms with Crippen LogP contribution in [0.2, 0.25) is 0 Å². The normalized spacial score (nSPS) is 16.1. The highest BCUT2D eigenvalue weighted by Gasteiger charge is 2.21. The number of ether oxygens (including phenoxy) is 1. The monoisotopic (exact) mass is 334 g/mol. The van der Waals surface area contributed by atoms with Crippen LogP contribution in [0.25, 0.3) is 11.0 Å². The smallest absolute Gasteiger partial charge is 0.256 e. The number of carbonyl (C=O) groups excluding carboxylic acids is 1. The molecule has 0 spiro atoms. The van der Waals surface area contributed by atoms with Gasteiger partial charge in [0.15, 0.2) is 6.23 Å². The summed E-state index contributed by atoms with van der Waals surface area (Å²) < 4.78 is 7.64. The van der Waals surface area contributed by atoms with Crippen LogP contribution in [-0.2, 0) is 11.2 Å². The Kier molecular flexibility index (Phi) is 3.93. The molecule has 1 aliphatic heterocycles. The highest BCUT2D eigenvalue weighted by Crippen LogP contribution is 2.31. The average Bonchev–Trinajstić information content (AvgIpc) is 3.30. The van der Waals surface area contributed by atoms with Crippen molar-refractivity contribution in [2.24, 2.45) is 0 Å². The number of anilines is 1. The number of rotatable bonds is 4. The van der Waals surface area contributed by atoms with Crippen molar-refractivity contribution in [3.63, 3.8) is 0 Å². The van der Waals surface area contributed by atoms with Gasteiger partial charge in [-0.25, -0.2) is 9.97 Å². The number of hydrogen-bond acceptors (Lipinski definition) is 4. The van der Waals surface area contributed by atoms with Crippen molar-refractivity contribution < 1.29 is 9.53 Å². The Morgan fingerprint density at radius 2 is 2.16 bits per heavy atom. The van der Waals surface area contributed by atoms with Gasteiger partial charge < -0.3 is 10.1 Å². The summed E-state index contributed by atoms with van der Waals surface area (Å²) in [5.41, 5.74) is 2.44. The van der Waals surface area contributed by atoms with Gasteiger partial charge in [0.2, 0.25) is 0 Å². The molecule has 6 heteroatoms. The van der Waals surface area contributed by atoms with E-state index in [0.29, 0.717) is 11.4 Å². The van der Waals surface area contributed by atoms with E-state index < -0.39 is 0 Å². The van der Waals surface area contributed by atoms with E-state index in [4.69, 9.17) is 4.74 Å². The fourth-order valence-corrected chi connectivity index (χ4v) is 3.07. The number of fused-ring (bicyclic) bond motifs is 1. The number of carbonyl (C=O) groups is 1. The molecule has 1 aliphatic rings. The third-order valence-electron chi connectivity index (χ3n) is 4.32. The molecule has 25 heavy (non-hydrogen) atoms. The van der Waals surface area contributed by atoms with Gasteiger partial charge in [-0.05, 0) is 30.2 Å². The topological polar surface area (TPSA) is 69.0 Å². The Morgan fingerprint density at radius 1 is 1.32 bits per heavy atom. The Bertz CT molecular complexity index is 939. The lowest BCUT2D eigenvalue weighted by atomic mass is 10.1. The number of aromatic nitrogens is 3. The molecule has 2 aromatic heterocycles. The van der Waals surface area contributed by atoms with Crippen molar-refractivity contribution in [2.45, 2.75) is 26.0 Å². The van der Waals surface area contributed by atoms with Crippen molar-refractivity contribution in [2.75, 3.05) is 5.32 Å². The number of amides is 1. The standard InChI is InChI=1S/C19H18N4O2/c1-2-13-11-23(15-9-6-10-25-15)18-16(13)17(20-12-21-18)22-19(24)14-7-4-3-5-8-14/h3-8,10-12,15H,2,9H2,1H3,(H,20,21,22,24)/t15-/m1/s1. The largest absolute Gasteiger partial charge is 0.478 e. The summed E-state index contributed by atoms with van der Waals surface area (Å²) in [6.07, 6.45) is 8.71. The second-order valence-electron chi connectivity index (χ2n) is 5.85. The molecule has 3 aromatic rings. The highest BCUT2D eigenvalue weighted by molar-refractivity contribution is 6.08. The van der Waals surface area contributed by atoms with Gasteiger partial charge >= 0.3 is 0 Å². The molecule has 6 nitrogen and oxygen atoms in total. The van der Waals surface area contributed by atoms with E-state index >= 15 is 0 Å². The second kappa shape index (κ2) is 6.39. The predicted molar refractivity (Wildman–Crippen MR) is 95.2 cm³/mol. The van der Waals surface area contributed by atoms with Crippen LogP contribution < -0.4 is 5.32 Å². The molecule has 0 saturated carbocycles. The fourth-order valence-electron chi connectivity index (χ4n) is 3.07. The molecule has 3 heterocycles. The molecule has 0 fully saturated rings. The Hall–Kier alpha value is -3.15. The SMILES string of the molecule is CCc1cn([C@H]2CC=CO2)c2ncnc(NC(=O)c3ccccc3)c12. The maximum atomic E-state index is 12.5. The molecule has 1 atom stereocenters. The molecule has 0 bridgehead atoms. The lowest BCUT2D eigenvalue weighted by Crippen LogP contribution is -2.13. The molecule has 0 radical (unpaired) electrons. The molecule has 0 aliphatic carbocycles. The van der Waals surface area contributed by atoms with Gasteiger partial charge in [-0.15, -0.1) is 0 Å². The Morgan fingerprint density at radius 3 is 2.88 bits per heavy atom. The van der Waals surface area contributed by atoms with E-state index in [9.17, 15) is 4.79 Å². The molecule has 0 unspecified atom stereocenters. The summed E-state index contributed by atoms with van der Waals surface area (Å²) in [7, 11) is 0. The summed E-state index contributed by atoms with van der Waals surface area (Å²) in [6.45, 7) is 2.07. The first-order valence-corrected chi connectivity index (χ1v) is 8.29. The second-order valence-corrected chi connectivity index (χ2v) is 5.85. The van der Waals surface area contributed by atoms with E-state index in [2.05, 4.69) is 22.2 Å². The Balaban J connectivity index is 1.75. The fraction of sp³-hybridized carbons (Fsp3) is 0.211. The number of nitrogens with one attached hydrogen (secondary N) is 1. The summed E-state index contributed by atoms with van der Waals surface area (Å²) in [5.74, 6) is 0.342. The van der Waals surface area contributed by atoms with Crippen LogP contribution in [0.4, 0.5) is 5.82 Å². The third kappa shape index (κ3) is 2.76. The molecule has 1 aromatic carbocycles. The first-order chi connectivity index (χ1) is 12.3. The molecule has 1 N–H and O–H groups in total. The van der Waals surface area contributed by atoms with Gasteiger partial charge in [-0.3, -0.25) is 9.36 Å². The number of nitrogens with zero attached hydrogens (tertiary/aromatic N) is 3. The maximum absolute atomic E-state index is 12.5. The van der Waals surface area contributed by atoms with Crippen molar-refractivity contribution in [1.29, 1.82) is 0 Å². The summed E-state index contributed by atoms with van der Waals surface area (Å²) in [5, 5.41) is 3.79. The number of aryl methyl sites for hydroxylation is 1. The van der Waals surface area contributed by atoms with Crippen molar-refractivity contribution in [3.8, 4) is 0 Å². The minimum absolute atomic E-state index is 0.102. The summed E-state index contributed by atoms with van der Waals surface area (Å²) in [4.78, 5) is 21.2. The van der Waals surface area contributed by atoms with Gasteiger partial charge in [0.25, 0.3) is 5.91 Å². The molecular formula is C19H18N4O2. The van der Waals surface area contributed by atoms with Crippen LogP contribution in [0, 0.1) is 0 Å². The number of hydrogen-bond donors (Lipinski definition) is 1. The van der Waals surface area contributed by atoms with Crippen LogP contribution >= 0.6 is 0 Å². The average molecular weight is 334 g/mol. The molecule has 1 amide bonds. The minimum Gasteiger partial charge on any atom is -0.478 e. The Labute approximate surface area is 145 Å². The van der Waals surface area contributed by atoms with E-state index in [0.717, 1.165) is 29.4 Å². The zero-order valence-corrected chi connectivity index (χ0v) is 13.8. The first kappa shape index (κ1) is 15.4. The predicted octanol–water partition coefficient (Wildman–Crippen LogP) is 3.68. The lowest BCUT2D eigenvalue weighted by Gasteiger charge is -2.13. The minimum atomic E-state index is -0.186. The third-order valence-corrected chi connectivity index (χ3v) is 4.32. The zero-order valence-electron chi connectivity index (χ0n) is 13.8. The summed E-state index contributed by atoms with van der Waals surface area (Å²) >= 11 is 0. The first-order valence-electron chi connectivity index (χ1n) is 8.29. The quantitative estimate of drug-likeness (QED) is 0.790. The summed E-state index contributed by atoms with van der Waals surface area (Å²) in [6, 6.07) is 9.10. The van der Waals surface area contributed by atoms with Crippen LogP contribution in [-0.4, -0.2) is 20.4 Å². The molecule has 126 valence electrons. The van der Waals surface area contributed by atoms with Gasteiger partial charge in [0.05, 0.1) is 11.6 Å². The highest BCUT2D eigenvalue weighted by atomic mass is 16.5. The van der Waals surface area contributed by atoms with E-state index in [1.54, 1.807) is 18.4 Å². The van der Waals surface area contributed by atoms with E-state index in [1.165, 1.54) is 6.33 Å². The van der Waals surface area contributed by atoms with Crippen LogP contribution in [0.15, 0.2) is 55.2 Å². The van der Waals surface area contributed by atoms with Crippen LogP contribution in [0.1, 0.15) is 35.5 Å². The van der Waals surface area contributed by atoms with Crippen molar-refractivity contribution >= 4 is 22.8 Å². The van der Waals surface area contributed by atoms with Gasteiger partial charge in [-0.2, -0.15) is 0 Å². The van der Waals surface area contributed by atoms with Crippen LogP contribution in [0.3, 0.4) is 0 Å². The van der Waals surface area contributed by atoms with Gasteiger partial charge in [0.1, 0.15) is 17.8 Å². The number of benzene rings is 1. The lowest BCUT2D eigenvalue weighted by molar-refractivity contribution is 0.102. The van der Waals surface area contributed by atoms with Crippen LogP contribution in [0.5, 0.6) is 0 Å². The van der Waals surface area contributed by atoms with E-state index in [-0.39, 0.29) is 12.1 Å². The molecule has 0 saturated heterocycles. The molecular weight excluding hydrogens is 316 g/mol. The van der Waals surface area contributed by atoms with Gasteiger partial charge in [0, 0.05) is 18.2 Å². The van der Waals surface area contributed by atoms with E-state index in [1.807, 2.05) is 35.0 Å². The maximum Gasteiger partial charge on any atom is 0.256 e. The van der Waals surface area contributed by atoms with Crippen molar-refractivity contribution in [3.05, 3.63) is 66.3 Å². The van der Waals surface area contributed by atoms with Gasteiger partial charge in [-0.1, -0.05) is 25.1 Å². The van der Waals surface area contributed by atoms with Crippen molar-refractivity contribution in [1.82, 2.24) is 14.5 Å².